The molecule has 1 aromatic carbocycles. The minimum atomic E-state index is -0.275. The maximum absolute atomic E-state index is 13.1. The Morgan fingerprint density at radius 2 is 1.55 bits per heavy atom. The molecule has 2 aromatic rings. The minimum absolute atomic E-state index is 0.0735. The molecule has 0 N–H and O–H groups in total. The summed E-state index contributed by atoms with van der Waals surface area (Å²) < 4.78 is 3.00. The van der Waals surface area contributed by atoms with Gasteiger partial charge in [-0.05, 0) is 46.6 Å². The van der Waals surface area contributed by atoms with Crippen molar-refractivity contribution >= 4 is 11.7 Å². The highest BCUT2D eigenvalue weighted by molar-refractivity contribution is 5.79. The fourth-order valence-electron chi connectivity index (χ4n) is 4.15. The highest BCUT2D eigenvalue weighted by Crippen LogP contribution is 2.18. The molecule has 168 valence electrons. The van der Waals surface area contributed by atoms with Gasteiger partial charge in [-0.2, -0.15) is 0 Å². The SMILES string of the molecule is Cc1ccc(CC(=O)N2CCCN(c3cc(=O)n(C(C)C)c(=O)n3C(C)C)CC2)cc1. The van der Waals surface area contributed by atoms with Crippen LogP contribution < -0.4 is 16.1 Å². The number of benzene rings is 1. The molecule has 1 saturated heterocycles. The summed E-state index contributed by atoms with van der Waals surface area (Å²) in [7, 11) is 0. The lowest BCUT2D eigenvalue weighted by Crippen LogP contribution is -2.45. The molecule has 0 bridgehead atoms. The Hall–Kier alpha value is -2.83. The van der Waals surface area contributed by atoms with E-state index < -0.39 is 0 Å². The highest BCUT2D eigenvalue weighted by atomic mass is 16.2. The zero-order valence-electron chi connectivity index (χ0n) is 19.3. The van der Waals surface area contributed by atoms with Crippen LogP contribution in [-0.2, 0) is 11.2 Å². The fourth-order valence-corrected chi connectivity index (χ4v) is 4.15. The first-order chi connectivity index (χ1) is 14.7. The summed E-state index contributed by atoms with van der Waals surface area (Å²) >= 11 is 0. The molecule has 1 aromatic heterocycles. The number of anilines is 1. The summed E-state index contributed by atoms with van der Waals surface area (Å²) in [4.78, 5) is 42.5. The van der Waals surface area contributed by atoms with E-state index in [0.29, 0.717) is 38.4 Å². The van der Waals surface area contributed by atoms with Crippen molar-refractivity contribution in [2.75, 3.05) is 31.1 Å². The number of aryl methyl sites for hydroxylation is 1. The van der Waals surface area contributed by atoms with Crippen molar-refractivity contribution in [3.63, 3.8) is 0 Å². The molecule has 0 aliphatic carbocycles. The Bertz CT molecular complexity index is 1030. The summed E-state index contributed by atoms with van der Waals surface area (Å²) in [5.41, 5.74) is 1.65. The summed E-state index contributed by atoms with van der Waals surface area (Å²) in [5, 5.41) is 0. The number of hydrogen-bond acceptors (Lipinski definition) is 4. The van der Waals surface area contributed by atoms with Crippen molar-refractivity contribution in [2.45, 2.75) is 59.5 Å². The second kappa shape index (κ2) is 9.54. The Kier molecular flexibility index (Phi) is 7.03. The van der Waals surface area contributed by atoms with Gasteiger partial charge in [-0.3, -0.25) is 18.7 Å². The summed E-state index contributed by atoms with van der Waals surface area (Å²) in [6.45, 7) is 12.2. The second-order valence-electron chi connectivity index (χ2n) is 8.93. The average Bonchev–Trinajstić information content (AvgIpc) is 2.95. The first-order valence-corrected chi connectivity index (χ1v) is 11.2. The fraction of sp³-hybridized carbons (Fsp3) is 0.542. The molecule has 3 rings (SSSR count). The Labute approximate surface area is 183 Å². The standard InChI is InChI=1S/C24H34N4O3/c1-17(2)27-21(16-23(30)28(18(3)4)24(27)31)25-11-6-12-26(14-13-25)22(29)15-20-9-7-19(5)8-10-20/h7-10,16-18H,6,11-15H2,1-5H3. The molecule has 1 aliphatic heterocycles. The van der Waals surface area contributed by atoms with Crippen LogP contribution in [0.2, 0.25) is 0 Å². The maximum atomic E-state index is 13.1. The molecule has 0 unspecified atom stereocenters. The van der Waals surface area contributed by atoms with Gasteiger partial charge in [0, 0.05) is 44.3 Å². The largest absolute Gasteiger partial charge is 0.356 e. The average molecular weight is 427 g/mol. The smallest absolute Gasteiger partial charge is 0.333 e. The van der Waals surface area contributed by atoms with E-state index in [1.165, 1.54) is 10.1 Å². The molecule has 0 spiro atoms. The first-order valence-electron chi connectivity index (χ1n) is 11.2. The van der Waals surface area contributed by atoms with Crippen LogP contribution in [0.3, 0.4) is 0 Å². The summed E-state index contributed by atoms with van der Waals surface area (Å²) in [5.74, 6) is 0.761. The van der Waals surface area contributed by atoms with Crippen LogP contribution in [0.4, 0.5) is 5.82 Å². The third-order valence-corrected chi connectivity index (χ3v) is 5.83. The minimum Gasteiger partial charge on any atom is -0.356 e. The van der Waals surface area contributed by atoms with Crippen LogP contribution in [0.15, 0.2) is 39.9 Å². The molecule has 1 amide bonds. The molecule has 7 heteroatoms. The van der Waals surface area contributed by atoms with Crippen molar-refractivity contribution in [3.8, 4) is 0 Å². The lowest BCUT2D eigenvalue weighted by atomic mass is 10.1. The molecule has 1 aliphatic rings. The predicted molar refractivity (Wildman–Crippen MR) is 124 cm³/mol. The van der Waals surface area contributed by atoms with E-state index in [4.69, 9.17) is 0 Å². The Morgan fingerprint density at radius 1 is 0.903 bits per heavy atom. The first kappa shape index (κ1) is 22.8. The molecule has 0 saturated carbocycles. The highest BCUT2D eigenvalue weighted by Gasteiger charge is 2.24. The molecular weight excluding hydrogens is 392 g/mol. The molecule has 31 heavy (non-hydrogen) atoms. The number of amides is 1. The number of aromatic nitrogens is 2. The van der Waals surface area contributed by atoms with Crippen LogP contribution in [0.1, 0.15) is 57.3 Å². The Morgan fingerprint density at radius 3 is 2.16 bits per heavy atom. The zero-order chi connectivity index (χ0) is 22.7. The zero-order valence-corrected chi connectivity index (χ0v) is 19.3. The van der Waals surface area contributed by atoms with E-state index in [0.717, 1.165) is 12.0 Å². The topological polar surface area (TPSA) is 67.6 Å². The van der Waals surface area contributed by atoms with Gasteiger partial charge in [-0.1, -0.05) is 29.8 Å². The van der Waals surface area contributed by atoms with Gasteiger partial charge >= 0.3 is 5.69 Å². The molecular formula is C24H34N4O3. The molecule has 2 heterocycles. The van der Waals surface area contributed by atoms with Crippen molar-refractivity contribution in [3.05, 3.63) is 62.3 Å². The second-order valence-corrected chi connectivity index (χ2v) is 8.93. The number of rotatable bonds is 5. The number of hydrogen-bond donors (Lipinski definition) is 0. The van der Waals surface area contributed by atoms with E-state index in [1.807, 2.05) is 63.8 Å². The van der Waals surface area contributed by atoms with Gasteiger partial charge in [0.15, 0.2) is 0 Å². The number of carbonyl (C=O) groups excluding carboxylic acids is 1. The third kappa shape index (κ3) is 5.09. The van der Waals surface area contributed by atoms with Crippen molar-refractivity contribution in [1.82, 2.24) is 14.0 Å². The van der Waals surface area contributed by atoms with Gasteiger partial charge in [0.2, 0.25) is 5.91 Å². The van der Waals surface area contributed by atoms with E-state index in [1.54, 1.807) is 10.6 Å². The van der Waals surface area contributed by atoms with Crippen LogP contribution >= 0.6 is 0 Å². The molecule has 0 atom stereocenters. The van der Waals surface area contributed by atoms with Crippen molar-refractivity contribution in [2.24, 2.45) is 0 Å². The molecule has 0 radical (unpaired) electrons. The summed E-state index contributed by atoms with van der Waals surface area (Å²) in [6.07, 6.45) is 1.18. The monoisotopic (exact) mass is 426 g/mol. The van der Waals surface area contributed by atoms with Crippen LogP contribution in [-0.4, -0.2) is 46.1 Å². The lowest BCUT2D eigenvalue weighted by Gasteiger charge is -2.28. The van der Waals surface area contributed by atoms with Gasteiger partial charge in [0.25, 0.3) is 5.56 Å². The van der Waals surface area contributed by atoms with Gasteiger partial charge in [0.05, 0.1) is 6.42 Å². The van der Waals surface area contributed by atoms with Crippen molar-refractivity contribution in [1.29, 1.82) is 0 Å². The van der Waals surface area contributed by atoms with Crippen LogP contribution in [0.5, 0.6) is 0 Å². The normalized spacial score (nSPS) is 14.9. The number of carbonyl (C=O) groups is 1. The quantitative estimate of drug-likeness (QED) is 0.737. The maximum Gasteiger partial charge on any atom is 0.333 e. The van der Waals surface area contributed by atoms with Gasteiger partial charge in [-0.25, -0.2) is 4.79 Å². The van der Waals surface area contributed by atoms with Gasteiger partial charge in [-0.15, -0.1) is 0 Å². The lowest BCUT2D eigenvalue weighted by molar-refractivity contribution is -0.130. The van der Waals surface area contributed by atoms with E-state index >= 15 is 0 Å². The third-order valence-electron chi connectivity index (χ3n) is 5.83. The molecule has 7 nitrogen and oxygen atoms in total. The van der Waals surface area contributed by atoms with E-state index in [-0.39, 0.29) is 29.2 Å². The van der Waals surface area contributed by atoms with E-state index in [2.05, 4.69) is 4.90 Å². The summed E-state index contributed by atoms with van der Waals surface area (Å²) in [6, 6.07) is 9.36. The van der Waals surface area contributed by atoms with Gasteiger partial charge < -0.3 is 9.80 Å². The Balaban J connectivity index is 1.80. The van der Waals surface area contributed by atoms with E-state index in [9.17, 15) is 14.4 Å². The number of nitrogens with zero attached hydrogens (tertiary/aromatic N) is 4. The van der Waals surface area contributed by atoms with Crippen molar-refractivity contribution < 1.29 is 4.79 Å². The van der Waals surface area contributed by atoms with Gasteiger partial charge in [0.1, 0.15) is 5.82 Å². The predicted octanol–water partition coefficient (Wildman–Crippen LogP) is 2.76. The van der Waals surface area contributed by atoms with Crippen LogP contribution in [0.25, 0.3) is 0 Å². The molecule has 1 fully saturated rings. The van der Waals surface area contributed by atoms with Crippen LogP contribution in [0, 0.1) is 6.92 Å².